The van der Waals surface area contributed by atoms with Crippen molar-refractivity contribution in [3.8, 4) is 0 Å². The van der Waals surface area contributed by atoms with Crippen LogP contribution in [0.5, 0.6) is 0 Å². The Bertz CT molecular complexity index is 601. The summed E-state index contributed by atoms with van der Waals surface area (Å²) in [6.45, 7) is 0.244. The highest BCUT2D eigenvalue weighted by atomic mass is 32.2. The van der Waals surface area contributed by atoms with Crippen molar-refractivity contribution >= 4 is 35.0 Å². The van der Waals surface area contributed by atoms with Gasteiger partial charge < -0.3 is 10.4 Å². The molecule has 0 aliphatic carbocycles. The molecule has 0 saturated heterocycles. The van der Waals surface area contributed by atoms with Gasteiger partial charge in [-0.3, -0.25) is 9.78 Å². The van der Waals surface area contributed by atoms with E-state index in [1.807, 2.05) is 12.1 Å². The zero-order chi connectivity index (χ0) is 14.4. The number of amides is 1. The van der Waals surface area contributed by atoms with E-state index in [2.05, 4.69) is 15.3 Å². The maximum Gasteiger partial charge on any atom is 0.355 e. The summed E-state index contributed by atoms with van der Waals surface area (Å²) in [6.07, 6.45) is 3.34. The van der Waals surface area contributed by atoms with Crippen molar-refractivity contribution in [1.29, 1.82) is 0 Å². The number of carboxylic acid groups (broad SMARTS) is 1. The first-order valence-corrected chi connectivity index (χ1v) is 7.49. The third-order valence-electron chi connectivity index (χ3n) is 2.23. The normalized spacial score (nSPS) is 10.2. The highest BCUT2D eigenvalue weighted by Gasteiger charge is 2.09. The summed E-state index contributed by atoms with van der Waals surface area (Å²) >= 11 is 2.62. The second-order valence-electron chi connectivity index (χ2n) is 3.68. The van der Waals surface area contributed by atoms with Gasteiger partial charge in [-0.2, -0.15) is 0 Å². The molecular weight excluding hydrogens is 298 g/mol. The van der Waals surface area contributed by atoms with E-state index in [-0.39, 0.29) is 18.1 Å². The zero-order valence-electron chi connectivity index (χ0n) is 10.3. The van der Waals surface area contributed by atoms with Crippen LogP contribution in [0.1, 0.15) is 15.5 Å². The number of rotatable bonds is 6. The minimum atomic E-state index is -1.06. The van der Waals surface area contributed by atoms with Crippen LogP contribution in [0, 0.1) is 0 Å². The number of thioether (sulfide) groups is 1. The van der Waals surface area contributed by atoms with Gasteiger partial charge in [-0.15, -0.1) is 23.1 Å². The van der Waals surface area contributed by atoms with E-state index in [9.17, 15) is 9.59 Å². The van der Waals surface area contributed by atoms with Gasteiger partial charge in [-0.1, -0.05) is 0 Å². The lowest BCUT2D eigenvalue weighted by atomic mass is 10.5. The molecule has 0 bridgehead atoms. The van der Waals surface area contributed by atoms with Crippen molar-refractivity contribution in [2.45, 2.75) is 11.4 Å². The Kier molecular flexibility index (Phi) is 5.08. The van der Waals surface area contributed by atoms with E-state index in [0.29, 0.717) is 10.8 Å². The number of hydrogen-bond acceptors (Lipinski definition) is 6. The molecule has 8 heteroatoms. The number of nitrogens with one attached hydrogen (secondary N) is 1. The molecule has 0 aliphatic heterocycles. The van der Waals surface area contributed by atoms with Crippen LogP contribution in [0.4, 0.5) is 0 Å². The minimum Gasteiger partial charge on any atom is -0.476 e. The van der Waals surface area contributed by atoms with Crippen molar-refractivity contribution in [2.24, 2.45) is 0 Å². The van der Waals surface area contributed by atoms with E-state index >= 15 is 0 Å². The molecule has 2 N–H and O–H groups in total. The molecule has 1 amide bonds. The Morgan fingerprint density at radius 2 is 2.10 bits per heavy atom. The lowest BCUT2D eigenvalue weighted by Crippen LogP contribution is -2.24. The van der Waals surface area contributed by atoms with Crippen LogP contribution in [0.15, 0.2) is 34.8 Å². The fraction of sp³-hybridized carbons (Fsp3) is 0.167. The average Bonchev–Trinajstić information content (AvgIpc) is 2.93. The van der Waals surface area contributed by atoms with Gasteiger partial charge in [0.25, 0.3) is 0 Å². The minimum absolute atomic E-state index is 0.00501. The predicted molar refractivity (Wildman–Crippen MR) is 75.9 cm³/mol. The summed E-state index contributed by atoms with van der Waals surface area (Å²) in [5.41, 5.74) is 0.00501. The molecule has 104 valence electrons. The molecular formula is C12H11N3O3S2. The van der Waals surface area contributed by atoms with Gasteiger partial charge in [0.2, 0.25) is 5.91 Å². The second-order valence-corrected chi connectivity index (χ2v) is 5.67. The molecule has 2 rings (SSSR count). The van der Waals surface area contributed by atoms with Gasteiger partial charge in [0.05, 0.1) is 12.3 Å². The van der Waals surface area contributed by atoms with Crippen LogP contribution in [-0.2, 0) is 11.3 Å². The monoisotopic (exact) mass is 309 g/mol. The van der Waals surface area contributed by atoms with Crippen molar-refractivity contribution in [3.63, 3.8) is 0 Å². The Hall–Kier alpha value is -1.93. The van der Waals surface area contributed by atoms with Crippen LogP contribution in [-0.4, -0.2) is 32.7 Å². The van der Waals surface area contributed by atoms with Crippen molar-refractivity contribution < 1.29 is 14.7 Å². The number of carbonyl (C=O) groups is 2. The number of aromatic nitrogens is 2. The molecule has 0 aliphatic rings. The fourth-order valence-electron chi connectivity index (χ4n) is 1.30. The summed E-state index contributed by atoms with van der Waals surface area (Å²) in [6, 6.07) is 3.66. The van der Waals surface area contributed by atoms with Gasteiger partial charge >= 0.3 is 5.97 Å². The number of carboxylic acids is 1. The Balaban J connectivity index is 1.76. The maximum absolute atomic E-state index is 11.6. The molecule has 0 saturated carbocycles. The van der Waals surface area contributed by atoms with E-state index in [4.69, 9.17) is 5.11 Å². The first kappa shape index (κ1) is 14.5. The summed E-state index contributed by atoms with van der Waals surface area (Å²) < 4.78 is 0. The van der Waals surface area contributed by atoms with Crippen LogP contribution in [0.3, 0.4) is 0 Å². The average molecular weight is 309 g/mol. The highest BCUT2D eigenvalue weighted by molar-refractivity contribution is 8.00. The van der Waals surface area contributed by atoms with Gasteiger partial charge in [0.1, 0.15) is 5.01 Å². The molecule has 0 radical (unpaired) electrons. The summed E-state index contributed by atoms with van der Waals surface area (Å²) in [5.74, 6) is -0.896. The maximum atomic E-state index is 11.6. The van der Waals surface area contributed by atoms with E-state index in [1.54, 1.807) is 12.4 Å². The van der Waals surface area contributed by atoms with Crippen LogP contribution < -0.4 is 5.32 Å². The lowest BCUT2D eigenvalue weighted by Gasteiger charge is -2.02. The summed E-state index contributed by atoms with van der Waals surface area (Å²) in [4.78, 5) is 31.1. The number of nitrogens with zero attached hydrogens (tertiary/aromatic N) is 2. The van der Waals surface area contributed by atoms with Gasteiger partial charge in [0, 0.05) is 22.7 Å². The summed E-state index contributed by atoms with van der Waals surface area (Å²) in [7, 11) is 0. The van der Waals surface area contributed by atoms with Crippen molar-refractivity contribution in [1.82, 2.24) is 15.3 Å². The molecule has 0 atom stereocenters. The molecule has 6 nitrogen and oxygen atoms in total. The Morgan fingerprint density at radius 1 is 1.35 bits per heavy atom. The van der Waals surface area contributed by atoms with Gasteiger partial charge in [0.15, 0.2) is 5.69 Å². The van der Waals surface area contributed by atoms with Crippen LogP contribution in [0.25, 0.3) is 0 Å². The SMILES string of the molecule is O=C(CSc1ccncc1)NCc1nc(C(=O)O)cs1. The lowest BCUT2D eigenvalue weighted by molar-refractivity contribution is -0.118. The topological polar surface area (TPSA) is 92.2 Å². The second kappa shape index (κ2) is 7.01. The van der Waals surface area contributed by atoms with Crippen molar-refractivity contribution in [2.75, 3.05) is 5.75 Å². The Labute approximate surface area is 123 Å². The number of carbonyl (C=O) groups excluding carboxylic acids is 1. The molecule has 0 aromatic carbocycles. The molecule has 0 spiro atoms. The fourth-order valence-corrected chi connectivity index (χ4v) is 2.72. The number of hydrogen-bond donors (Lipinski definition) is 2. The number of pyridine rings is 1. The molecule has 20 heavy (non-hydrogen) atoms. The predicted octanol–water partition coefficient (Wildman–Crippen LogP) is 1.64. The third kappa shape index (κ3) is 4.32. The van der Waals surface area contributed by atoms with Crippen molar-refractivity contribution in [3.05, 3.63) is 40.6 Å². The number of aromatic carboxylic acids is 1. The molecule has 2 aromatic rings. The van der Waals surface area contributed by atoms with E-state index in [1.165, 1.54) is 28.5 Å². The third-order valence-corrected chi connectivity index (χ3v) is 4.09. The molecule has 0 fully saturated rings. The van der Waals surface area contributed by atoms with E-state index < -0.39 is 5.97 Å². The van der Waals surface area contributed by atoms with Gasteiger partial charge in [-0.25, -0.2) is 9.78 Å². The quantitative estimate of drug-likeness (QED) is 0.788. The smallest absolute Gasteiger partial charge is 0.355 e. The zero-order valence-corrected chi connectivity index (χ0v) is 11.9. The van der Waals surface area contributed by atoms with Crippen LogP contribution in [0.2, 0.25) is 0 Å². The first-order chi connectivity index (χ1) is 9.65. The largest absolute Gasteiger partial charge is 0.476 e. The van der Waals surface area contributed by atoms with E-state index in [0.717, 1.165) is 4.90 Å². The Morgan fingerprint density at radius 3 is 2.75 bits per heavy atom. The van der Waals surface area contributed by atoms with Gasteiger partial charge in [-0.05, 0) is 12.1 Å². The first-order valence-electron chi connectivity index (χ1n) is 5.62. The molecule has 2 heterocycles. The van der Waals surface area contributed by atoms with Crippen LogP contribution >= 0.6 is 23.1 Å². The standard InChI is InChI=1S/C12H11N3O3S2/c16-10(7-19-8-1-3-13-4-2-8)14-5-11-15-9(6-20-11)12(17)18/h1-4,6H,5,7H2,(H,14,16)(H,17,18). The molecule has 0 unspecified atom stereocenters. The summed E-state index contributed by atoms with van der Waals surface area (Å²) in [5, 5.41) is 13.5. The number of thiazole rings is 1. The molecule has 2 aromatic heterocycles. The highest BCUT2D eigenvalue weighted by Crippen LogP contribution is 2.15.